The van der Waals surface area contributed by atoms with E-state index in [0.717, 1.165) is 41.5 Å². The molecule has 7 heteroatoms. The summed E-state index contributed by atoms with van der Waals surface area (Å²) in [5.74, 6) is 1.73. The van der Waals surface area contributed by atoms with Crippen molar-refractivity contribution in [3.05, 3.63) is 54.0 Å². The predicted octanol–water partition coefficient (Wildman–Crippen LogP) is 2.15. The Morgan fingerprint density at radius 3 is 3.04 bits per heavy atom. The van der Waals surface area contributed by atoms with E-state index < -0.39 is 0 Å². The average Bonchev–Trinajstić information content (AvgIpc) is 3.25. The summed E-state index contributed by atoms with van der Waals surface area (Å²) in [4.78, 5) is 13.6. The van der Waals surface area contributed by atoms with Crippen LogP contribution in [0, 0.1) is 11.3 Å². The Morgan fingerprint density at radius 2 is 2.28 bits per heavy atom. The lowest BCUT2D eigenvalue weighted by Crippen LogP contribution is -2.15. The number of aryl methyl sites for hydroxylation is 1. The zero-order valence-electron chi connectivity index (χ0n) is 13.8. The summed E-state index contributed by atoms with van der Waals surface area (Å²) in [6.07, 6.45) is 7.41. The number of aromatic nitrogens is 4. The highest BCUT2D eigenvalue weighted by atomic mass is 15.2. The standard InChI is InChI=1S/C18H17N7/c1-2-25-16-4-3-13(10-19)9-14(16)23-17(25)12-24-8-7-22-18(24)15-11-20-5-6-21-15/h3-4,6-9,11,20H,2,5,12H2,1H3. The van der Waals surface area contributed by atoms with Gasteiger partial charge in [-0.1, -0.05) is 0 Å². The average molecular weight is 331 g/mol. The lowest BCUT2D eigenvalue weighted by atomic mass is 10.2. The molecular weight excluding hydrogens is 314 g/mol. The molecule has 1 N–H and O–H groups in total. The van der Waals surface area contributed by atoms with E-state index in [1.165, 1.54) is 0 Å². The SMILES string of the molecule is CCn1c(Cn2ccnc2C2=CNCC=N2)nc2cc(C#N)ccc21. The molecule has 0 spiro atoms. The molecule has 124 valence electrons. The summed E-state index contributed by atoms with van der Waals surface area (Å²) in [6.45, 7) is 4.23. The van der Waals surface area contributed by atoms with Gasteiger partial charge in [0.2, 0.25) is 0 Å². The highest BCUT2D eigenvalue weighted by Crippen LogP contribution is 2.20. The van der Waals surface area contributed by atoms with Gasteiger partial charge in [0.1, 0.15) is 11.5 Å². The minimum absolute atomic E-state index is 0.590. The van der Waals surface area contributed by atoms with Gasteiger partial charge < -0.3 is 14.5 Å². The molecule has 1 aliphatic heterocycles. The maximum absolute atomic E-state index is 9.10. The first kappa shape index (κ1) is 15.1. The van der Waals surface area contributed by atoms with Crippen molar-refractivity contribution < 1.29 is 0 Å². The minimum atomic E-state index is 0.590. The third-order valence-electron chi connectivity index (χ3n) is 4.21. The third-order valence-corrected chi connectivity index (χ3v) is 4.21. The molecule has 0 fully saturated rings. The number of fused-ring (bicyclic) bond motifs is 1. The predicted molar refractivity (Wildman–Crippen MR) is 95.9 cm³/mol. The third kappa shape index (κ3) is 2.68. The van der Waals surface area contributed by atoms with Crippen LogP contribution >= 0.6 is 0 Å². The molecule has 0 atom stereocenters. The molecule has 2 aromatic heterocycles. The Morgan fingerprint density at radius 1 is 1.36 bits per heavy atom. The largest absolute Gasteiger partial charge is 0.384 e. The summed E-state index contributed by atoms with van der Waals surface area (Å²) < 4.78 is 4.20. The number of nitrogens with one attached hydrogen (secondary N) is 1. The highest BCUT2D eigenvalue weighted by molar-refractivity contribution is 5.78. The van der Waals surface area contributed by atoms with Gasteiger partial charge in [0.25, 0.3) is 0 Å². The summed E-state index contributed by atoms with van der Waals surface area (Å²) in [7, 11) is 0. The fourth-order valence-electron chi connectivity index (χ4n) is 3.06. The van der Waals surface area contributed by atoms with Crippen LogP contribution in [0.4, 0.5) is 0 Å². The lowest BCUT2D eigenvalue weighted by molar-refractivity contribution is 0.658. The number of benzene rings is 1. The van der Waals surface area contributed by atoms with Crippen molar-refractivity contribution in [1.82, 2.24) is 24.4 Å². The van der Waals surface area contributed by atoms with Crippen molar-refractivity contribution in [1.29, 1.82) is 5.26 Å². The molecule has 0 amide bonds. The van der Waals surface area contributed by atoms with E-state index in [0.29, 0.717) is 12.1 Å². The number of hydrogen-bond acceptors (Lipinski definition) is 5. The number of imidazole rings is 2. The molecule has 0 bridgehead atoms. The molecule has 0 unspecified atom stereocenters. The molecule has 0 saturated heterocycles. The van der Waals surface area contributed by atoms with Crippen LogP contribution in [0.3, 0.4) is 0 Å². The van der Waals surface area contributed by atoms with E-state index >= 15 is 0 Å². The van der Waals surface area contributed by atoms with Crippen molar-refractivity contribution in [2.75, 3.05) is 6.54 Å². The van der Waals surface area contributed by atoms with E-state index in [4.69, 9.17) is 10.2 Å². The number of nitrogens with zero attached hydrogens (tertiary/aromatic N) is 6. The zero-order valence-corrected chi connectivity index (χ0v) is 13.8. The zero-order chi connectivity index (χ0) is 17.2. The summed E-state index contributed by atoms with van der Waals surface area (Å²) in [6, 6.07) is 7.79. The van der Waals surface area contributed by atoms with Crippen LogP contribution in [0.2, 0.25) is 0 Å². The molecule has 1 aliphatic rings. The lowest BCUT2D eigenvalue weighted by Gasteiger charge is -2.11. The van der Waals surface area contributed by atoms with Crippen molar-refractivity contribution in [3.8, 4) is 6.07 Å². The topological polar surface area (TPSA) is 83.8 Å². The normalized spacial score (nSPS) is 13.5. The Kier molecular flexibility index (Phi) is 3.78. The molecule has 25 heavy (non-hydrogen) atoms. The van der Waals surface area contributed by atoms with Crippen LogP contribution in [0.25, 0.3) is 16.7 Å². The van der Waals surface area contributed by atoms with Gasteiger partial charge in [0, 0.05) is 37.9 Å². The van der Waals surface area contributed by atoms with Gasteiger partial charge in [-0.2, -0.15) is 5.26 Å². The number of hydrogen-bond donors (Lipinski definition) is 1. The quantitative estimate of drug-likeness (QED) is 0.794. The van der Waals surface area contributed by atoms with E-state index in [2.05, 4.69) is 32.9 Å². The first-order valence-electron chi connectivity index (χ1n) is 8.17. The van der Waals surface area contributed by atoms with Crippen LogP contribution in [-0.4, -0.2) is 31.9 Å². The summed E-state index contributed by atoms with van der Waals surface area (Å²) in [5.41, 5.74) is 3.31. The number of nitriles is 1. The van der Waals surface area contributed by atoms with Gasteiger partial charge in [-0.25, -0.2) is 9.97 Å². The van der Waals surface area contributed by atoms with Gasteiger partial charge in [-0.3, -0.25) is 4.99 Å². The fraction of sp³-hybridized carbons (Fsp3) is 0.222. The molecule has 0 saturated carbocycles. The van der Waals surface area contributed by atoms with E-state index in [1.807, 2.05) is 41.4 Å². The monoisotopic (exact) mass is 331 g/mol. The highest BCUT2D eigenvalue weighted by Gasteiger charge is 2.14. The van der Waals surface area contributed by atoms with Crippen molar-refractivity contribution in [2.24, 2.45) is 4.99 Å². The van der Waals surface area contributed by atoms with Crippen LogP contribution in [-0.2, 0) is 13.1 Å². The fourth-order valence-corrected chi connectivity index (χ4v) is 3.06. The van der Waals surface area contributed by atoms with Gasteiger partial charge in [0.15, 0.2) is 5.82 Å². The van der Waals surface area contributed by atoms with E-state index in [9.17, 15) is 0 Å². The van der Waals surface area contributed by atoms with Crippen molar-refractivity contribution >= 4 is 22.9 Å². The van der Waals surface area contributed by atoms with Crippen LogP contribution in [0.15, 0.2) is 41.8 Å². The van der Waals surface area contributed by atoms with E-state index in [-0.39, 0.29) is 0 Å². The summed E-state index contributed by atoms with van der Waals surface area (Å²) >= 11 is 0. The first-order chi connectivity index (χ1) is 12.3. The second kappa shape index (κ2) is 6.24. The number of aliphatic imine (C=N–C) groups is 1. The molecule has 4 rings (SSSR count). The Labute approximate surface area is 145 Å². The Hall–Kier alpha value is -3.40. The molecule has 3 aromatic rings. The minimum Gasteiger partial charge on any atom is -0.384 e. The van der Waals surface area contributed by atoms with Crippen molar-refractivity contribution in [3.63, 3.8) is 0 Å². The first-order valence-corrected chi connectivity index (χ1v) is 8.17. The van der Waals surface area contributed by atoms with Crippen molar-refractivity contribution in [2.45, 2.75) is 20.0 Å². The van der Waals surface area contributed by atoms with Gasteiger partial charge >= 0.3 is 0 Å². The molecule has 1 aromatic carbocycles. The smallest absolute Gasteiger partial charge is 0.160 e. The van der Waals surface area contributed by atoms with Crippen LogP contribution in [0.5, 0.6) is 0 Å². The van der Waals surface area contributed by atoms with Crippen LogP contribution in [0.1, 0.15) is 24.1 Å². The maximum atomic E-state index is 9.10. The molecule has 0 radical (unpaired) electrons. The second-order valence-corrected chi connectivity index (χ2v) is 5.72. The van der Waals surface area contributed by atoms with Gasteiger partial charge in [-0.15, -0.1) is 0 Å². The maximum Gasteiger partial charge on any atom is 0.160 e. The second-order valence-electron chi connectivity index (χ2n) is 5.72. The molecular formula is C18H17N7. The Balaban J connectivity index is 1.74. The molecule has 7 nitrogen and oxygen atoms in total. The van der Waals surface area contributed by atoms with Gasteiger partial charge in [-0.05, 0) is 25.1 Å². The van der Waals surface area contributed by atoms with Crippen LogP contribution < -0.4 is 5.32 Å². The van der Waals surface area contributed by atoms with Gasteiger partial charge in [0.05, 0.1) is 29.2 Å². The van der Waals surface area contributed by atoms with E-state index in [1.54, 1.807) is 6.20 Å². The molecule has 0 aliphatic carbocycles. The number of rotatable bonds is 4. The Bertz CT molecular complexity index is 1030. The molecule has 3 heterocycles. The summed E-state index contributed by atoms with van der Waals surface area (Å²) in [5, 5.41) is 12.3.